The van der Waals surface area contributed by atoms with E-state index in [0.29, 0.717) is 5.56 Å². The Morgan fingerprint density at radius 1 is 1.10 bits per heavy atom. The highest BCUT2D eigenvalue weighted by Gasteiger charge is 3.02. The van der Waals surface area contributed by atoms with Crippen molar-refractivity contribution in [3.63, 3.8) is 0 Å². The number of nitrogens with one attached hydrogen (secondary N) is 1. The van der Waals surface area contributed by atoms with E-state index in [9.17, 15) is 25.7 Å². The summed E-state index contributed by atoms with van der Waals surface area (Å²) in [7, 11) is 0. The van der Waals surface area contributed by atoms with Gasteiger partial charge in [-0.1, -0.05) is 30.3 Å². The lowest BCUT2D eigenvalue weighted by Gasteiger charge is -2.31. The number of benzene rings is 1. The monoisotopic (exact) mass is 278 g/mol. The molecule has 6 nitrogen and oxygen atoms in total. The molecular formula is C15H10N4O2. The number of carbonyl (C=O) groups is 1. The van der Waals surface area contributed by atoms with E-state index < -0.39 is 27.9 Å². The molecule has 1 aromatic rings. The second kappa shape index (κ2) is 3.41. The molecular weight excluding hydrogens is 268 g/mol. The van der Waals surface area contributed by atoms with Gasteiger partial charge < -0.3 is 10.4 Å². The van der Waals surface area contributed by atoms with Crippen LogP contribution in [0.2, 0.25) is 0 Å². The number of aliphatic hydroxyl groups is 1. The second-order valence-electron chi connectivity index (χ2n) is 5.48. The van der Waals surface area contributed by atoms with Crippen molar-refractivity contribution in [3.05, 3.63) is 35.9 Å². The number of hydrogen-bond acceptors (Lipinski definition) is 5. The SMILES string of the molecule is C[C@]1(O)NC(=O)[C@@]2(C#N)C(C#N)(C#N)[C@]12c1ccccc1. The molecule has 102 valence electrons. The Morgan fingerprint density at radius 2 is 1.67 bits per heavy atom. The van der Waals surface area contributed by atoms with Gasteiger partial charge >= 0.3 is 0 Å². The fourth-order valence-corrected chi connectivity index (χ4v) is 4.02. The van der Waals surface area contributed by atoms with Gasteiger partial charge in [-0.15, -0.1) is 0 Å². The van der Waals surface area contributed by atoms with Crippen LogP contribution in [0.3, 0.4) is 0 Å². The molecule has 1 aliphatic heterocycles. The van der Waals surface area contributed by atoms with E-state index in [4.69, 9.17) is 0 Å². The molecule has 6 heteroatoms. The van der Waals surface area contributed by atoms with Gasteiger partial charge in [0.1, 0.15) is 11.1 Å². The molecule has 2 fully saturated rings. The normalized spacial score (nSPS) is 38.3. The van der Waals surface area contributed by atoms with E-state index in [-0.39, 0.29) is 0 Å². The third-order valence-corrected chi connectivity index (χ3v) is 4.76. The van der Waals surface area contributed by atoms with Crippen LogP contribution in [0.4, 0.5) is 0 Å². The number of piperidine rings is 1. The molecule has 3 rings (SSSR count). The van der Waals surface area contributed by atoms with Gasteiger partial charge in [0.05, 0.1) is 18.2 Å². The summed E-state index contributed by atoms with van der Waals surface area (Å²) in [6, 6.07) is 13.8. The maximum atomic E-state index is 12.3. The molecule has 1 aliphatic carbocycles. The minimum absolute atomic E-state index is 0.415. The highest BCUT2D eigenvalue weighted by atomic mass is 16.3. The second-order valence-corrected chi connectivity index (χ2v) is 5.48. The van der Waals surface area contributed by atoms with Crippen LogP contribution in [0.1, 0.15) is 12.5 Å². The standard InChI is InChI=1S/C15H10N4O2/c1-12(21)15(10-5-3-2-4-6-10)13(7-16,8-17)14(15,9-18)11(20)19-12/h2-6,21H,1H3,(H,19,20)/t12-,14+,15+/m1/s1. The summed E-state index contributed by atoms with van der Waals surface area (Å²) < 4.78 is 0. The van der Waals surface area contributed by atoms with E-state index in [1.807, 2.05) is 18.2 Å². The van der Waals surface area contributed by atoms with Crippen LogP contribution >= 0.6 is 0 Å². The quantitative estimate of drug-likeness (QED) is 0.766. The van der Waals surface area contributed by atoms with Gasteiger partial charge in [0.15, 0.2) is 10.8 Å². The summed E-state index contributed by atoms with van der Waals surface area (Å²) in [5, 5.41) is 41.6. The lowest BCUT2D eigenvalue weighted by molar-refractivity contribution is -0.127. The van der Waals surface area contributed by atoms with Crippen molar-refractivity contribution in [1.82, 2.24) is 5.32 Å². The zero-order valence-corrected chi connectivity index (χ0v) is 11.1. The molecule has 1 amide bonds. The maximum absolute atomic E-state index is 12.3. The number of fused-ring (bicyclic) bond motifs is 1. The molecule has 1 heterocycles. The Bertz CT molecular complexity index is 767. The molecule has 0 aromatic heterocycles. The van der Waals surface area contributed by atoms with E-state index >= 15 is 0 Å². The number of carbonyl (C=O) groups excluding carboxylic acids is 1. The Morgan fingerprint density at radius 3 is 2.10 bits per heavy atom. The highest BCUT2D eigenvalue weighted by molar-refractivity contribution is 6.02. The molecule has 2 N–H and O–H groups in total. The Kier molecular flexibility index (Phi) is 2.13. The Balaban J connectivity index is 2.45. The molecule has 1 saturated carbocycles. The van der Waals surface area contributed by atoms with Crippen molar-refractivity contribution in [1.29, 1.82) is 15.8 Å². The number of nitriles is 3. The van der Waals surface area contributed by atoms with Gasteiger partial charge in [-0.2, -0.15) is 15.8 Å². The summed E-state index contributed by atoms with van der Waals surface area (Å²) in [6.07, 6.45) is 0. The first kappa shape index (κ1) is 13.1. The smallest absolute Gasteiger partial charge is 0.246 e. The zero-order valence-electron chi connectivity index (χ0n) is 11.1. The summed E-state index contributed by atoms with van der Waals surface area (Å²) in [4.78, 5) is 12.3. The molecule has 0 spiro atoms. The van der Waals surface area contributed by atoms with E-state index in [2.05, 4.69) is 5.32 Å². The average molecular weight is 278 g/mol. The van der Waals surface area contributed by atoms with Gasteiger partial charge in [0.25, 0.3) is 0 Å². The van der Waals surface area contributed by atoms with E-state index in [1.54, 1.807) is 30.3 Å². The van der Waals surface area contributed by atoms with Crippen molar-refractivity contribution < 1.29 is 9.90 Å². The van der Waals surface area contributed by atoms with E-state index in [0.717, 1.165) is 0 Å². The summed E-state index contributed by atoms with van der Waals surface area (Å²) in [6.45, 7) is 1.31. The largest absolute Gasteiger partial charge is 0.370 e. The molecule has 3 atom stereocenters. The molecule has 0 bridgehead atoms. The molecule has 1 aromatic carbocycles. The maximum Gasteiger partial charge on any atom is 0.246 e. The number of hydrogen-bond donors (Lipinski definition) is 2. The first-order valence-electron chi connectivity index (χ1n) is 6.26. The number of amides is 1. The summed E-state index contributed by atoms with van der Waals surface area (Å²) in [5.74, 6) is -0.790. The third kappa shape index (κ3) is 0.923. The third-order valence-electron chi connectivity index (χ3n) is 4.76. The average Bonchev–Trinajstić information content (AvgIpc) is 3.00. The highest BCUT2D eigenvalue weighted by Crippen LogP contribution is 2.83. The zero-order chi connectivity index (χ0) is 15.5. The molecule has 0 unspecified atom stereocenters. The van der Waals surface area contributed by atoms with Crippen LogP contribution in [0.25, 0.3) is 0 Å². The van der Waals surface area contributed by atoms with E-state index in [1.165, 1.54) is 6.92 Å². The summed E-state index contributed by atoms with van der Waals surface area (Å²) in [5.41, 5.74) is -6.88. The molecule has 1 saturated heterocycles. The van der Waals surface area contributed by atoms with Crippen molar-refractivity contribution in [2.75, 3.05) is 0 Å². The van der Waals surface area contributed by atoms with Crippen LogP contribution in [0.15, 0.2) is 30.3 Å². The van der Waals surface area contributed by atoms with Crippen LogP contribution in [0.5, 0.6) is 0 Å². The lowest BCUT2D eigenvalue weighted by atomic mass is 9.79. The van der Waals surface area contributed by atoms with Crippen LogP contribution < -0.4 is 5.32 Å². The first-order valence-corrected chi connectivity index (χ1v) is 6.26. The fourth-order valence-electron chi connectivity index (χ4n) is 4.02. The summed E-state index contributed by atoms with van der Waals surface area (Å²) >= 11 is 0. The molecule has 21 heavy (non-hydrogen) atoms. The van der Waals surface area contributed by atoms with Crippen LogP contribution in [-0.4, -0.2) is 16.7 Å². The van der Waals surface area contributed by atoms with Crippen LogP contribution in [-0.2, 0) is 10.2 Å². The van der Waals surface area contributed by atoms with Gasteiger partial charge in [-0.25, -0.2) is 0 Å². The van der Waals surface area contributed by atoms with Gasteiger partial charge in [-0.05, 0) is 12.5 Å². The number of nitrogens with zero attached hydrogens (tertiary/aromatic N) is 3. The Hall–Kier alpha value is -2.88. The molecule has 0 radical (unpaired) electrons. The number of rotatable bonds is 1. The predicted octanol–water partition coefficient (Wildman–Crippen LogP) is 0.320. The first-order chi connectivity index (χ1) is 9.91. The van der Waals surface area contributed by atoms with Crippen molar-refractivity contribution in [2.45, 2.75) is 18.1 Å². The van der Waals surface area contributed by atoms with Crippen molar-refractivity contribution >= 4 is 5.91 Å². The minimum Gasteiger partial charge on any atom is -0.370 e. The topological polar surface area (TPSA) is 121 Å². The van der Waals surface area contributed by atoms with Gasteiger partial charge in [0.2, 0.25) is 5.91 Å². The molecule has 2 aliphatic rings. The van der Waals surface area contributed by atoms with Crippen LogP contribution in [0, 0.1) is 44.8 Å². The van der Waals surface area contributed by atoms with Gasteiger partial charge in [0, 0.05) is 0 Å². The van der Waals surface area contributed by atoms with Gasteiger partial charge in [-0.3, -0.25) is 4.79 Å². The predicted molar refractivity (Wildman–Crippen MR) is 68.6 cm³/mol. The fraction of sp³-hybridized carbons (Fsp3) is 0.333. The Labute approximate surface area is 120 Å². The van der Waals surface area contributed by atoms with Crippen molar-refractivity contribution in [2.24, 2.45) is 10.8 Å². The van der Waals surface area contributed by atoms with Crippen molar-refractivity contribution in [3.8, 4) is 18.2 Å². The minimum atomic E-state index is -1.91. The lowest BCUT2D eigenvalue weighted by Crippen LogP contribution is -2.52.